The van der Waals surface area contributed by atoms with Gasteiger partial charge in [-0.05, 0) is 107 Å². The first-order chi connectivity index (χ1) is 14.6. The zero-order chi connectivity index (χ0) is 22.1. The molecule has 5 rings (SSSR count). The summed E-state index contributed by atoms with van der Waals surface area (Å²) in [5.74, 6) is 3.65. The van der Waals surface area contributed by atoms with E-state index in [0.29, 0.717) is 23.0 Å². The number of ether oxygens (including phenoxy) is 1. The molecule has 1 saturated heterocycles. The second-order valence-corrected chi connectivity index (χ2v) is 12.7. The number of nitrogens with zero attached hydrogens (tertiary/aromatic N) is 1. The predicted octanol–water partition coefficient (Wildman–Crippen LogP) is 4.68. The normalized spacial score (nSPS) is 55.2. The molecule has 1 heterocycles. The lowest BCUT2D eigenvalue weighted by Gasteiger charge is -2.62. The summed E-state index contributed by atoms with van der Waals surface area (Å²) in [6.07, 6.45) is 9.88. The Hall–Kier alpha value is -0.450. The lowest BCUT2D eigenvalue weighted by atomic mass is 9.44. The summed E-state index contributed by atoms with van der Waals surface area (Å²) in [6.45, 7) is 13.1. The zero-order valence-electron chi connectivity index (χ0n) is 20.5. The van der Waals surface area contributed by atoms with Crippen LogP contribution in [0.3, 0.4) is 0 Å². The van der Waals surface area contributed by atoms with Gasteiger partial charge in [0, 0.05) is 25.0 Å². The monoisotopic (exact) mass is 431 g/mol. The molecule has 0 bridgehead atoms. The summed E-state index contributed by atoms with van der Waals surface area (Å²) in [4.78, 5) is 15.0. The van der Waals surface area contributed by atoms with Crippen molar-refractivity contribution in [3.8, 4) is 0 Å². The number of hydrogen-bond donors (Lipinski definition) is 1. The molecule has 0 aromatic carbocycles. The Morgan fingerprint density at radius 2 is 1.65 bits per heavy atom. The van der Waals surface area contributed by atoms with Gasteiger partial charge in [0.05, 0.1) is 18.3 Å². The lowest BCUT2D eigenvalue weighted by Crippen LogP contribution is -2.62. The second kappa shape index (κ2) is 7.81. The maximum absolute atomic E-state index is 12.4. The van der Waals surface area contributed by atoms with Crippen LogP contribution in [-0.2, 0) is 9.53 Å². The van der Waals surface area contributed by atoms with E-state index in [0.717, 1.165) is 50.1 Å². The highest BCUT2D eigenvalue weighted by atomic mass is 16.5. The van der Waals surface area contributed by atoms with Crippen molar-refractivity contribution in [1.29, 1.82) is 0 Å². The van der Waals surface area contributed by atoms with Crippen LogP contribution in [0.2, 0.25) is 0 Å². The molecule has 1 aliphatic heterocycles. The molecule has 176 valence electrons. The summed E-state index contributed by atoms with van der Waals surface area (Å²) in [5.41, 5.74) is 0.562. The molecule has 4 heteroatoms. The highest BCUT2D eigenvalue weighted by Gasteiger charge is 2.62. The molecule has 0 radical (unpaired) electrons. The number of carbonyl (C=O) groups is 1. The van der Waals surface area contributed by atoms with Crippen molar-refractivity contribution >= 4 is 5.78 Å². The largest absolute Gasteiger partial charge is 0.391 e. The standard InChI is InChI=1S/C27H45NO3/c1-16-14-28(15-17(2)31-16)24-13-27(5)19(12-25(24)30)6-7-20-22-9-8-21(18(3)29)26(22,4)11-10-23(20)27/h16-17,19-25,30H,6-15H2,1-5H3/t16-,17-,19+,20+,21-,22+,23+,24+,25+,26-,27+/m1/s1. The molecular weight excluding hydrogens is 386 g/mol. The Kier molecular flexibility index (Phi) is 5.63. The molecule has 0 spiro atoms. The van der Waals surface area contributed by atoms with Crippen LogP contribution in [-0.4, -0.2) is 53.2 Å². The van der Waals surface area contributed by atoms with Crippen molar-refractivity contribution in [2.24, 2.45) is 40.4 Å². The van der Waals surface area contributed by atoms with E-state index in [-0.39, 0.29) is 29.8 Å². The average molecular weight is 432 g/mol. The minimum atomic E-state index is -0.199. The fourth-order valence-electron chi connectivity index (χ4n) is 9.80. The van der Waals surface area contributed by atoms with Crippen LogP contribution in [0.15, 0.2) is 0 Å². The summed E-state index contributed by atoms with van der Waals surface area (Å²) in [7, 11) is 0. The summed E-state index contributed by atoms with van der Waals surface area (Å²) in [5, 5.41) is 11.2. The van der Waals surface area contributed by atoms with Crippen molar-refractivity contribution < 1.29 is 14.6 Å². The van der Waals surface area contributed by atoms with Gasteiger partial charge in [-0.3, -0.25) is 9.69 Å². The first kappa shape index (κ1) is 22.3. The number of ketones is 1. The molecular formula is C27H45NO3. The van der Waals surface area contributed by atoms with Crippen molar-refractivity contribution in [2.75, 3.05) is 13.1 Å². The van der Waals surface area contributed by atoms with Crippen LogP contribution < -0.4 is 0 Å². The van der Waals surface area contributed by atoms with E-state index in [4.69, 9.17) is 4.74 Å². The van der Waals surface area contributed by atoms with Crippen molar-refractivity contribution in [1.82, 2.24) is 4.90 Å². The van der Waals surface area contributed by atoms with Gasteiger partial charge in [0.2, 0.25) is 0 Å². The van der Waals surface area contributed by atoms with Crippen LogP contribution >= 0.6 is 0 Å². The highest BCUT2D eigenvalue weighted by molar-refractivity contribution is 5.79. The third-order valence-corrected chi connectivity index (χ3v) is 11.1. The smallest absolute Gasteiger partial charge is 0.133 e. The maximum Gasteiger partial charge on any atom is 0.133 e. The lowest BCUT2D eigenvalue weighted by molar-refractivity contribution is -0.166. The number of morpholine rings is 1. The fraction of sp³-hybridized carbons (Fsp3) is 0.963. The van der Waals surface area contributed by atoms with E-state index in [2.05, 4.69) is 32.6 Å². The minimum absolute atomic E-state index is 0.199. The van der Waals surface area contributed by atoms with Gasteiger partial charge in [0.15, 0.2) is 0 Å². The molecule has 4 saturated carbocycles. The molecule has 1 N–H and O–H groups in total. The van der Waals surface area contributed by atoms with Gasteiger partial charge in [-0.25, -0.2) is 0 Å². The number of carbonyl (C=O) groups excluding carboxylic acids is 1. The van der Waals surface area contributed by atoms with Crippen LogP contribution in [0.5, 0.6) is 0 Å². The van der Waals surface area contributed by atoms with Crippen LogP contribution in [0.25, 0.3) is 0 Å². The zero-order valence-corrected chi connectivity index (χ0v) is 20.5. The number of hydrogen-bond acceptors (Lipinski definition) is 4. The van der Waals surface area contributed by atoms with E-state index in [1.807, 2.05) is 6.92 Å². The van der Waals surface area contributed by atoms with Gasteiger partial charge in [-0.2, -0.15) is 0 Å². The number of aliphatic hydroxyl groups is 1. The van der Waals surface area contributed by atoms with Crippen LogP contribution in [0.1, 0.15) is 86.0 Å². The molecule has 31 heavy (non-hydrogen) atoms. The molecule has 0 aromatic rings. The Morgan fingerprint density at radius 1 is 0.968 bits per heavy atom. The fourth-order valence-corrected chi connectivity index (χ4v) is 9.80. The van der Waals surface area contributed by atoms with Crippen LogP contribution in [0, 0.1) is 40.4 Å². The Morgan fingerprint density at radius 3 is 2.32 bits per heavy atom. The van der Waals surface area contributed by atoms with Crippen LogP contribution in [0.4, 0.5) is 0 Å². The van der Waals surface area contributed by atoms with Gasteiger partial charge in [0.1, 0.15) is 5.78 Å². The first-order valence-electron chi connectivity index (χ1n) is 13.2. The van der Waals surface area contributed by atoms with E-state index < -0.39 is 0 Å². The third kappa shape index (κ3) is 3.46. The van der Waals surface area contributed by atoms with Gasteiger partial charge in [-0.15, -0.1) is 0 Å². The molecule has 0 aromatic heterocycles. The molecule has 4 nitrogen and oxygen atoms in total. The van der Waals surface area contributed by atoms with E-state index in [1.54, 1.807) is 0 Å². The second-order valence-electron chi connectivity index (χ2n) is 12.7. The number of Topliss-reactive ketones (excluding diaryl/α,β-unsaturated/α-hetero) is 1. The van der Waals surface area contributed by atoms with E-state index in [1.165, 1.54) is 32.1 Å². The quantitative estimate of drug-likeness (QED) is 0.689. The van der Waals surface area contributed by atoms with Gasteiger partial charge in [-0.1, -0.05) is 13.8 Å². The summed E-state index contributed by atoms with van der Waals surface area (Å²) >= 11 is 0. The predicted molar refractivity (Wildman–Crippen MR) is 123 cm³/mol. The van der Waals surface area contributed by atoms with Crippen molar-refractivity contribution in [3.05, 3.63) is 0 Å². The number of aliphatic hydroxyl groups excluding tert-OH is 1. The average Bonchev–Trinajstić information content (AvgIpc) is 3.05. The molecule has 0 unspecified atom stereocenters. The number of rotatable bonds is 2. The molecule has 4 aliphatic carbocycles. The third-order valence-electron chi connectivity index (χ3n) is 11.1. The Labute approximate surface area is 189 Å². The summed E-state index contributed by atoms with van der Waals surface area (Å²) in [6, 6.07) is 0.274. The van der Waals surface area contributed by atoms with E-state index in [9.17, 15) is 9.90 Å². The summed E-state index contributed by atoms with van der Waals surface area (Å²) < 4.78 is 6.00. The molecule has 5 aliphatic rings. The molecule has 11 atom stereocenters. The highest BCUT2D eigenvalue weighted by Crippen LogP contribution is 2.67. The Balaban J connectivity index is 1.39. The van der Waals surface area contributed by atoms with Gasteiger partial charge in [0.25, 0.3) is 0 Å². The topological polar surface area (TPSA) is 49.8 Å². The number of fused-ring (bicyclic) bond motifs is 5. The first-order valence-corrected chi connectivity index (χ1v) is 13.2. The Bertz CT molecular complexity index is 701. The maximum atomic E-state index is 12.4. The van der Waals surface area contributed by atoms with Crippen molar-refractivity contribution in [2.45, 2.75) is 110 Å². The molecule has 0 amide bonds. The van der Waals surface area contributed by atoms with Gasteiger partial charge >= 0.3 is 0 Å². The SMILES string of the molecule is CC(=O)[C@H]1CC[C@H]2[C@@H]3CC[C@H]4C[C@H](O)[C@@H](N5C[C@@H](C)O[C@H](C)C5)C[C@]4(C)[C@H]3CC[C@]12C. The minimum Gasteiger partial charge on any atom is -0.391 e. The van der Waals surface area contributed by atoms with Crippen molar-refractivity contribution in [3.63, 3.8) is 0 Å². The van der Waals surface area contributed by atoms with Gasteiger partial charge < -0.3 is 9.84 Å². The van der Waals surface area contributed by atoms with E-state index >= 15 is 0 Å². The molecule has 5 fully saturated rings.